The molecule has 2 aromatic rings. The van der Waals surface area contributed by atoms with E-state index in [0.717, 1.165) is 12.2 Å². The predicted octanol–water partition coefficient (Wildman–Crippen LogP) is 3.26. The number of nitrogens with zero attached hydrogens (tertiary/aromatic N) is 2. The number of aromatic nitrogens is 2. The third-order valence-electron chi connectivity index (χ3n) is 3.22. The van der Waals surface area contributed by atoms with Crippen molar-refractivity contribution in [3.8, 4) is 0 Å². The molecule has 1 aromatic carbocycles. The lowest BCUT2D eigenvalue weighted by molar-refractivity contribution is 0.0526. The summed E-state index contributed by atoms with van der Waals surface area (Å²) in [6.45, 7) is 8.79. The van der Waals surface area contributed by atoms with E-state index < -0.39 is 11.7 Å². The summed E-state index contributed by atoms with van der Waals surface area (Å²) in [5, 5.41) is 10.3. The van der Waals surface area contributed by atoms with Gasteiger partial charge in [0.2, 0.25) is 0 Å². The molecule has 24 heavy (non-hydrogen) atoms. The van der Waals surface area contributed by atoms with Gasteiger partial charge >= 0.3 is 6.09 Å². The SMILES string of the molecule is CC(CNC(=O)OC(C)(C)C)Nc1ccc(Cn2cccn2)cc1. The van der Waals surface area contributed by atoms with Crippen LogP contribution in [-0.4, -0.2) is 34.1 Å². The molecule has 6 heteroatoms. The smallest absolute Gasteiger partial charge is 0.407 e. The number of hydrogen-bond acceptors (Lipinski definition) is 4. The number of hydrogen-bond donors (Lipinski definition) is 2. The van der Waals surface area contributed by atoms with Crippen LogP contribution < -0.4 is 10.6 Å². The minimum absolute atomic E-state index is 0.0921. The number of ether oxygens (including phenoxy) is 1. The largest absolute Gasteiger partial charge is 0.444 e. The summed E-state index contributed by atoms with van der Waals surface area (Å²) < 4.78 is 7.10. The van der Waals surface area contributed by atoms with Crippen LogP contribution >= 0.6 is 0 Å². The van der Waals surface area contributed by atoms with E-state index >= 15 is 0 Å². The van der Waals surface area contributed by atoms with Crippen LogP contribution in [0.25, 0.3) is 0 Å². The lowest BCUT2D eigenvalue weighted by atomic mass is 10.2. The minimum Gasteiger partial charge on any atom is -0.444 e. The minimum atomic E-state index is -0.481. The number of amides is 1. The molecule has 0 saturated carbocycles. The Kier molecular flexibility index (Phi) is 5.84. The fourth-order valence-electron chi connectivity index (χ4n) is 2.17. The number of nitrogens with one attached hydrogen (secondary N) is 2. The van der Waals surface area contributed by atoms with E-state index in [4.69, 9.17) is 4.74 Å². The summed E-state index contributed by atoms with van der Waals surface area (Å²) >= 11 is 0. The van der Waals surface area contributed by atoms with E-state index in [0.29, 0.717) is 6.54 Å². The first-order chi connectivity index (χ1) is 11.3. The quantitative estimate of drug-likeness (QED) is 0.853. The summed E-state index contributed by atoms with van der Waals surface area (Å²) in [4.78, 5) is 11.6. The van der Waals surface area contributed by atoms with E-state index in [1.807, 2.05) is 56.8 Å². The molecule has 130 valence electrons. The third-order valence-corrected chi connectivity index (χ3v) is 3.22. The van der Waals surface area contributed by atoms with Crippen LogP contribution in [0, 0.1) is 0 Å². The molecule has 2 N–H and O–H groups in total. The van der Waals surface area contributed by atoms with Crippen LogP contribution in [0.3, 0.4) is 0 Å². The molecule has 6 nitrogen and oxygen atoms in total. The van der Waals surface area contributed by atoms with Gasteiger partial charge in [-0.05, 0) is 51.5 Å². The van der Waals surface area contributed by atoms with Crippen LogP contribution in [0.4, 0.5) is 10.5 Å². The van der Waals surface area contributed by atoms with Crippen molar-refractivity contribution in [2.24, 2.45) is 0 Å². The number of carbonyl (C=O) groups excluding carboxylic acids is 1. The van der Waals surface area contributed by atoms with Gasteiger partial charge in [-0.1, -0.05) is 12.1 Å². The molecule has 2 rings (SSSR count). The van der Waals surface area contributed by atoms with Gasteiger partial charge in [-0.25, -0.2) is 4.79 Å². The van der Waals surface area contributed by atoms with Gasteiger partial charge in [-0.2, -0.15) is 5.10 Å². The fourth-order valence-corrected chi connectivity index (χ4v) is 2.17. The number of anilines is 1. The van der Waals surface area contributed by atoms with Crippen molar-refractivity contribution in [2.75, 3.05) is 11.9 Å². The van der Waals surface area contributed by atoms with Gasteiger partial charge in [0.25, 0.3) is 0 Å². The Morgan fingerprint density at radius 3 is 2.58 bits per heavy atom. The van der Waals surface area contributed by atoms with Crippen molar-refractivity contribution >= 4 is 11.8 Å². The molecule has 0 aliphatic rings. The highest BCUT2D eigenvalue weighted by atomic mass is 16.6. The Balaban J connectivity index is 1.77. The fraction of sp³-hybridized carbons (Fsp3) is 0.444. The molecule has 0 spiro atoms. The molecule has 0 aliphatic carbocycles. The van der Waals surface area contributed by atoms with Crippen LogP contribution in [-0.2, 0) is 11.3 Å². The first-order valence-electron chi connectivity index (χ1n) is 8.11. The number of carbonyl (C=O) groups is 1. The van der Waals surface area contributed by atoms with E-state index in [2.05, 4.69) is 27.9 Å². The van der Waals surface area contributed by atoms with Crippen LogP contribution in [0.1, 0.15) is 33.3 Å². The highest BCUT2D eigenvalue weighted by molar-refractivity contribution is 5.67. The Morgan fingerprint density at radius 2 is 2.00 bits per heavy atom. The van der Waals surface area contributed by atoms with Crippen LogP contribution in [0.15, 0.2) is 42.7 Å². The zero-order valence-corrected chi connectivity index (χ0v) is 14.7. The second-order valence-corrected chi connectivity index (χ2v) is 6.83. The summed E-state index contributed by atoms with van der Waals surface area (Å²) in [6.07, 6.45) is 3.32. The van der Waals surface area contributed by atoms with Gasteiger partial charge in [0.1, 0.15) is 5.60 Å². The summed E-state index contributed by atoms with van der Waals surface area (Å²) in [7, 11) is 0. The van der Waals surface area contributed by atoms with Gasteiger partial charge in [0.15, 0.2) is 0 Å². The molecule has 1 amide bonds. The average molecular weight is 330 g/mol. The van der Waals surface area contributed by atoms with Crippen molar-refractivity contribution < 1.29 is 9.53 Å². The van der Waals surface area contributed by atoms with Crippen LogP contribution in [0.5, 0.6) is 0 Å². The zero-order chi connectivity index (χ0) is 17.6. The Hall–Kier alpha value is -2.50. The maximum Gasteiger partial charge on any atom is 0.407 e. The number of benzene rings is 1. The predicted molar refractivity (Wildman–Crippen MR) is 95.1 cm³/mol. The molecule has 0 aliphatic heterocycles. The topological polar surface area (TPSA) is 68.2 Å². The number of alkyl carbamates (subject to hydrolysis) is 1. The highest BCUT2D eigenvalue weighted by Gasteiger charge is 2.16. The van der Waals surface area contributed by atoms with Crippen molar-refractivity contribution in [3.05, 3.63) is 48.3 Å². The second-order valence-electron chi connectivity index (χ2n) is 6.83. The summed E-state index contributed by atoms with van der Waals surface area (Å²) in [6, 6.07) is 10.2. The van der Waals surface area contributed by atoms with Crippen molar-refractivity contribution in [2.45, 2.75) is 45.9 Å². The van der Waals surface area contributed by atoms with Crippen molar-refractivity contribution in [1.82, 2.24) is 15.1 Å². The van der Waals surface area contributed by atoms with Gasteiger partial charge < -0.3 is 15.4 Å². The van der Waals surface area contributed by atoms with E-state index in [9.17, 15) is 4.79 Å². The molecule has 0 bridgehead atoms. The van der Waals surface area contributed by atoms with Gasteiger partial charge in [0, 0.05) is 30.7 Å². The molecule has 1 heterocycles. The molecule has 0 fully saturated rings. The molecule has 0 radical (unpaired) electrons. The van der Waals surface area contributed by atoms with E-state index in [-0.39, 0.29) is 6.04 Å². The average Bonchev–Trinajstić information content (AvgIpc) is 2.98. The standard InChI is InChI=1S/C18H26N4O2/c1-14(12-19-17(23)24-18(2,3)4)21-16-8-6-15(7-9-16)13-22-11-5-10-20-22/h5-11,14,21H,12-13H2,1-4H3,(H,19,23). The van der Waals surface area contributed by atoms with E-state index in [1.54, 1.807) is 6.20 Å². The first kappa shape index (κ1) is 17.8. The van der Waals surface area contributed by atoms with Gasteiger partial charge in [0.05, 0.1) is 6.54 Å². The van der Waals surface area contributed by atoms with Crippen molar-refractivity contribution in [3.63, 3.8) is 0 Å². The third kappa shape index (κ3) is 6.32. The molecular formula is C18H26N4O2. The normalized spacial score (nSPS) is 12.5. The monoisotopic (exact) mass is 330 g/mol. The maximum atomic E-state index is 11.6. The second kappa shape index (κ2) is 7.86. The Bertz CT molecular complexity index is 630. The summed E-state index contributed by atoms with van der Waals surface area (Å²) in [5.41, 5.74) is 1.71. The Labute approximate surface area is 143 Å². The van der Waals surface area contributed by atoms with Crippen molar-refractivity contribution in [1.29, 1.82) is 0 Å². The zero-order valence-electron chi connectivity index (χ0n) is 14.7. The molecular weight excluding hydrogens is 304 g/mol. The number of rotatable bonds is 6. The molecule has 1 aromatic heterocycles. The first-order valence-corrected chi connectivity index (χ1v) is 8.11. The maximum absolute atomic E-state index is 11.6. The van der Waals surface area contributed by atoms with Gasteiger partial charge in [-0.3, -0.25) is 4.68 Å². The summed E-state index contributed by atoms with van der Waals surface area (Å²) in [5.74, 6) is 0. The lowest BCUT2D eigenvalue weighted by Crippen LogP contribution is -2.38. The Morgan fingerprint density at radius 1 is 1.29 bits per heavy atom. The van der Waals surface area contributed by atoms with Crippen LogP contribution in [0.2, 0.25) is 0 Å². The lowest BCUT2D eigenvalue weighted by Gasteiger charge is -2.21. The molecule has 1 unspecified atom stereocenters. The van der Waals surface area contributed by atoms with E-state index in [1.165, 1.54) is 5.56 Å². The molecule has 0 saturated heterocycles. The molecule has 1 atom stereocenters. The van der Waals surface area contributed by atoms with Gasteiger partial charge in [-0.15, -0.1) is 0 Å². The highest BCUT2D eigenvalue weighted by Crippen LogP contribution is 2.12.